The van der Waals surface area contributed by atoms with Crippen LogP contribution in [-0.4, -0.2) is 40.3 Å². The molecule has 2 aromatic carbocycles. The maximum atomic E-state index is 12.0. The average Bonchev–Trinajstić information content (AvgIpc) is 3.28. The Morgan fingerprint density at radius 1 is 1.08 bits per heavy atom. The number of para-hydroxylation sites is 1. The lowest BCUT2D eigenvalue weighted by Crippen LogP contribution is -2.21. The van der Waals surface area contributed by atoms with Crippen LogP contribution in [-0.2, 0) is 0 Å². The summed E-state index contributed by atoms with van der Waals surface area (Å²) in [6, 6.07) is 17.0. The van der Waals surface area contributed by atoms with Gasteiger partial charge in [-0.25, -0.2) is 0 Å². The molecular formula is C19H16N4O2. The van der Waals surface area contributed by atoms with Gasteiger partial charge in [-0.2, -0.15) is 5.10 Å². The Morgan fingerprint density at radius 3 is 2.60 bits per heavy atom. The number of H-pyrrole nitrogens is 1. The quantitative estimate of drug-likeness (QED) is 0.622. The summed E-state index contributed by atoms with van der Waals surface area (Å²) >= 11 is 0. The van der Waals surface area contributed by atoms with Crippen LogP contribution in [0.1, 0.15) is 10.4 Å². The number of benzene rings is 2. The molecule has 1 N–H and O–H groups in total. The monoisotopic (exact) mass is 332 g/mol. The molecule has 1 amide bonds. The third kappa shape index (κ3) is 2.67. The zero-order chi connectivity index (χ0) is 17.4. The van der Waals surface area contributed by atoms with E-state index in [9.17, 15) is 4.79 Å². The van der Waals surface area contributed by atoms with E-state index in [1.165, 1.54) is 0 Å². The molecule has 0 unspecified atom stereocenters. The van der Waals surface area contributed by atoms with Gasteiger partial charge in [-0.05, 0) is 18.2 Å². The molecule has 2 aromatic heterocycles. The maximum absolute atomic E-state index is 12.0. The van der Waals surface area contributed by atoms with Crippen LogP contribution in [0.15, 0.2) is 59.1 Å². The van der Waals surface area contributed by atoms with E-state index in [1.807, 2.05) is 42.5 Å². The zero-order valence-electron chi connectivity index (χ0n) is 13.9. The minimum atomic E-state index is -0.0321. The fourth-order valence-corrected chi connectivity index (χ4v) is 2.72. The van der Waals surface area contributed by atoms with Gasteiger partial charge in [-0.3, -0.25) is 9.89 Å². The Kier molecular flexibility index (Phi) is 3.57. The fraction of sp³-hybridized carbons (Fsp3) is 0.105. The van der Waals surface area contributed by atoms with Crippen LogP contribution < -0.4 is 0 Å². The van der Waals surface area contributed by atoms with Crippen LogP contribution in [0.3, 0.4) is 0 Å². The van der Waals surface area contributed by atoms with Crippen molar-refractivity contribution in [2.45, 2.75) is 0 Å². The van der Waals surface area contributed by atoms with Crippen molar-refractivity contribution in [3.63, 3.8) is 0 Å². The largest absolute Gasteiger partial charge is 0.354 e. The van der Waals surface area contributed by atoms with E-state index >= 15 is 0 Å². The summed E-state index contributed by atoms with van der Waals surface area (Å²) < 4.78 is 5.48. The second-order valence-electron chi connectivity index (χ2n) is 5.97. The number of rotatable bonds is 3. The maximum Gasteiger partial charge on any atom is 0.253 e. The number of hydrogen-bond acceptors (Lipinski definition) is 4. The fourth-order valence-electron chi connectivity index (χ4n) is 2.72. The van der Waals surface area contributed by atoms with Crippen LogP contribution in [0, 0.1) is 0 Å². The molecular weight excluding hydrogens is 316 g/mol. The average molecular weight is 332 g/mol. The summed E-state index contributed by atoms with van der Waals surface area (Å²) in [6.45, 7) is 0. The van der Waals surface area contributed by atoms with Crippen molar-refractivity contribution in [3.8, 4) is 22.7 Å². The van der Waals surface area contributed by atoms with Gasteiger partial charge < -0.3 is 9.42 Å². The van der Waals surface area contributed by atoms with Crippen molar-refractivity contribution in [1.29, 1.82) is 0 Å². The molecule has 0 aliphatic carbocycles. The molecule has 6 nitrogen and oxygen atoms in total. The Balaban J connectivity index is 1.66. The van der Waals surface area contributed by atoms with Crippen LogP contribution in [0.5, 0.6) is 0 Å². The lowest BCUT2D eigenvalue weighted by molar-refractivity contribution is 0.0827. The number of hydrogen-bond donors (Lipinski definition) is 1. The molecule has 25 heavy (non-hydrogen) atoms. The molecule has 0 radical (unpaired) electrons. The van der Waals surface area contributed by atoms with E-state index in [0.29, 0.717) is 17.0 Å². The van der Waals surface area contributed by atoms with E-state index in [1.54, 1.807) is 31.1 Å². The van der Waals surface area contributed by atoms with Crippen LogP contribution in [0.4, 0.5) is 0 Å². The van der Waals surface area contributed by atoms with Crippen molar-refractivity contribution >= 4 is 16.8 Å². The molecule has 4 aromatic rings. The lowest BCUT2D eigenvalue weighted by atomic mass is 10.1. The van der Waals surface area contributed by atoms with Crippen molar-refractivity contribution < 1.29 is 9.32 Å². The van der Waals surface area contributed by atoms with Crippen molar-refractivity contribution in [3.05, 3.63) is 60.2 Å². The molecule has 0 saturated heterocycles. The first-order valence-electron chi connectivity index (χ1n) is 7.86. The summed E-state index contributed by atoms with van der Waals surface area (Å²) in [6.07, 6.45) is 0. The highest BCUT2D eigenvalue weighted by atomic mass is 16.5. The molecule has 0 aliphatic rings. The van der Waals surface area contributed by atoms with E-state index in [2.05, 4.69) is 15.4 Å². The number of amides is 1. The van der Waals surface area contributed by atoms with Gasteiger partial charge in [0.2, 0.25) is 0 Å². The first-order chi connectivity index (χ1) is 12.1. The van der Waals surface area contributed by atoms with E-state index in [-0.39, 0.29) is 5.91 Å². The Hall–Kier alpha value is -3.41. The second kappa shape index (κ2) is 5.90. The summed E-state index contributed by atoms with van der Waals surface area (Å²) in [5, 5.41) is 12.4. The molecule has 2 heterocycles. The standard InChI is InChI=1S/C19H16N4O2/c1-23(2)19(24)13-9-7-12(8-10-13)16-11-17(25-22-16)18-14-5-3-4-6-15(14)20-21-18/h3-11H,1-2H3,(H,20,21). The highest BCUT2D eigenvalue weighted by Gasteiger charge is 2.15. The third-order valence-corrected chi connectivity index (χ3v) is 4.05. The predicted octanol–water partition coefficient (Wildman–Crippen LogP) is 3.59. The Bertz CT molecular complexity index is 1040. The normalized spacial score (nSPS) is 11.0. The molecule has 124 valence electrons. The zero-order valence-corrected chi connectivity index (χ0v) is 13.9. The number of carbonyl (C=O) groups excluding carboxylic acids is 1. The highest BCUT2D eigenvalue weighted by Crippen LogP contribution is 2.29. The van der Waals surface area contributed by atoms with Crippen LogP contribution in [0.25, 0.3) is 33.6 Å². The Labute approximate surface area is 144 Å². The molecule has 0 atom stereocenters. The highest BCUT2D eigenvalue weighted by molar-refractivity contribution is 5.94. The number of aromatic nitrogens is 3. The summed E-state index contributed by atoms with van der Waals surface area (Å²) in [4.78, 5) is 13.5. The molecule has 0 spiro atoms. The first kappa shape index (κ1) is 15.1. The van der Waals surface area contributed by atoms with Crippen molar-refractivity contribution in [2.75, 3.05) is 14.1 Å². The van der Waals surface area contributed by atoms with Crippen molar-refractivity contribution in [1.82, 2.24) is 20.3 Å². The lowest BCUT2D eigenvalue weighted by Gasteiger charge is -2.09. The SMILES string of the molecule is CN(C)C(=O)c1ccc(-c2cc(-c3n[nH]c4ccccc34)on2)cc1. The molecule has 0 fully saturated rings. The molecule has 0 aliphatic heterocycles. The van der Waals surface area contributed by atoms with Gasteiger partial charge >= 0.3 is 0 Å². The number of nitrogens with zero attached hydrogens (tertiary/aromatic N) is 3. The number of carbonyl (C=O) groups is 1. The van der Waals surface area contributed by atoms with Gasteiger partial charge in [-0.1, -0.05) is 35.5 Å². The molecule has 4 rings (SSSR count). The summed E-state index contributed by atoms with van der Waals surface area (Å²) in [5.74, 6) is 0.566. The van der Waals surface area contributed by atoms with E-state index < -0.39 is 0 Å². The Morgan fingerprint density at radius 2 is 1.84 bits per heavy atom. The summed E-state index contributed by atoms with van der Waals surface area (Å²) in [7, 11) is 3.46. The number of fused-ring (bicyclic) bond motifs is 1. The summed E-state index contributed by atoms with van der Waals surface area (Å²) in [5.41, 5.74) is 3.89. The van der Waals surface area contributed by atoms with Crippen molar-refractivity contribution in [2.24, 2.45) is 0 Å². The topological polar surface area (TPSA) is 75.0 Å². The minimum Gasteiger partial charge on any atom is -0.354 e. The predicted molar refractivity (Wildman–Crippen MR) is 95.0 cm³/mol. The van der Waals surface area contributed by atoms with Gasteiger partial charge in [0.25, 0.3) is 5.91 Å². The van der Waals surface area contributed by atoms with Crippen LogP contribution >= 0.6 is 0 Å². The first-order valence-corrected chi connectivity index (χ1v) is 7.86. The molecule has 6 heteroatoms. The number of aromatic amines is 1. The molecule has 0 saturated carbocycles. The number of nitrogens with one attached hydrogen (secondary N) is 1. The van der Waals surface area contributed by atoms with Gasteiger partial charge in [0.15, 0.2) is 5.76 Å². The van der Waals surface area contributed by atoms with E-state index in [4.69, 9.17) is 4.52 Å². The molecule has 0 bridgehead atoms. The smallest absolute Gasteiger partial charge is 0.253 e. The van der Waals surface area contributed by atoms with Gasteiger partial charge in [0.05, 0.1) is 5.52 Å². The van der Waals surface area contributed by atoms with Gasteiger partial charge in [-0.15, -0.1) is 0 Å². The minimum absolute atomic E-state index is 0.0321. The second-order valence-corrected chi connectivity index (χ2v) is 5.97. The third-order valence-electron chi connectivity index (χ3n) is 4.05. The van der Waals surface area contributed by atoms with E-state index in [0.717, 1.165) is 22.2 Å². The van der Waals surface area contributed by atoms with Gasteiger partial charge in [0.1, 0.15) is 11.4 Å². The van der Waals surface area contributed by atoms with Gasteiger partial charge in [0, 0.05) is 36.7 Å². The van der Waals surface area contributed by atoms with Crippen LogP contribution in [0.2, 0.25) is 0 Å².